The van der Waals surface area contributed by atoms with Crippen molar-refractivity contribution in [2.45, 2.75) is 64.5 Å². The number of rotatable bonds is 12. The number of hydrogen-bond acceptors (Lipinski definition) is 6. The van der Waals surface area contributed by atoms with Crippen molar-refractivity contribution in [2.24, 2.45) is 11.3 Å². The zero-order valence-corrected chi connectivity index (χ0v) is 17.7. The van der Waals surface area contributed by atoms with E-state index < -0.39 is 33.7 Å². The van der Waals surface area contributed by atoms with Crippen molar-refractivity contribution < 1.29 is 32.0 Å². The highest BCUT2D eigenvalue weighted by Crippen LogP contribution is 2.27. The van der Waals surface area contributed by atoms with Gasteiger partial charge in [0.25, 0.3) is 10.1 Å². The van der Waals surface area contributed by atoms with Gasteiger partial charge in [0.05, 0.1) is 13.0 Å². The highest BCUT2D eigenvalue weighted by molar-refractivity contribution is 7.87. The number of carbonyl (C=O) groups excluding carboxylic acids is 2. The van der Waals surface area contributed by atoms with Gasteiger partial charge in [-0.2, -0.15) is 8.42 Å². The summed E-state index contributed by atoms with van der Waals surface area (Å²) in [4.78, 5) is 24.3. The van der Waals surface area contributed by atoms with E-state index in [1.165, 1.54) is 0 Å². The SMILES string of the molecule is CCCCC(CC)COC(=O)C(CC(=O)OCC1(C)C=CC=CC1)S(=O)(=O)O. The molecular weight excluding hydrogens is 384 g/mol. The van der Waals surface area contributed by atoms with Gasteiger partial charge in [-0.1, -0.05) is 64.3 Å². The molecule has 7 nitrogen and oxygen atoms in total. The second-order valence-corrected chi connectivity index (χ2v) is 9.16. The van der Waals surface area contributed by atoms with Crippen LogP contribution >= 0.6 is 0 Å². The first-order valence-electron chi connectivity index (χ1n) is 9.74. The van der Waals surface area contributed by atoms with Crippen LogP contribution in [0.25, 0.3) is 0 Å². The van der Waals surface area contributed by atoms with Crippen LogP contribution in [0, 0.1) is 11.3 Å². The molecule has 0 aromatic carbocycles. The molecule has 1 aliphatic rings. The fourth-order valence-electron chi connectivity index (χ4n) is 2.84. The molecule has 0 bridgehead atoms. The molecule has 1 rings (SSSR count). The molecule has 0 spiro atoms. The highest BCUT2D eigenvalue weighted by atomic mass is 32.2. The maximum atomic E-state index is 12.2. The van der Waals surface area contributed by atoms with Gasteiger partial charge in [0, 0.05) is 5.41 Å². The average Bonchev–Trinajstić information content (AvgIpc) is 2.64. The van der Waals surface area contributed by atoms with Gasteiger partial charge >= 0.3 is 11.9 Å². The molecule has 0 fully saturated rings. The fourth-order valence-corrected chi connectivity index (χ4v) is 3.49. The van der Waals surface area contributed by atoms with Crippen LogP contribution in [0.1, 0.15) is 59.3 Å². The Bertz CT molecular complexity index is 681. The standard InChI is InChI=1S/C20H32O7S/c1-4-6-10-16(5-2)14-26-19(22)17(28(23,24)25)13-18(21)27-15-20(3)11-8-7-9-12-20/h7-9,11,16-17H,4-6,10,12-15H2,1-3H3,(H,23,24,25). The van der Waals surface area contributed by atoms with E-state index in [2.05, 4.69) is 6.92 Å². The third-order valence-corrected chi connectivity index (χ3v) is 5.95. The van der Waals surface area contributed by atoms with Gasteiger partial charge in [-0.25, -0.2) is 0 Å². The van der Waals surface area contributed by atoms with Crippen molar-refractivity contribution in [3.8, 4) is 0 Å². The number of allylic oxidation sites excluding steroid dienone is 3. The molecule has 0 saturated carbocycles. The predicted octanol–water partition coefficient (Wildman–Crippen LogP) is 3.46. The molecule has 28 heavy (non-hydrogen) atoms. The first-order valence-corrected chi connectivity index (χ1v) is 11.2. The molecule has 3 atom stereocenters. The zero-order chi connectivity index (χ0) is 21.2. The minimum atomic E-state index is -4.79. The second kappa shape index (κ2) is 11.4. The third-order valence-electron chi connectivity index (χ3n) is 4.87. The van der Waals surface area contributed by atoms with E-state index in [-0.39, 0.29) is 24.5 Å². The molecule has 3 unspecified atom stereocenters. The van der Waals surface area contributed by atoms with Crippen LogP contribution < -0.4 is 0 Å². The summed E-state index contributed by atoms with van der Waals surface area (Å²) in [5.41, 5.74) is -0.383. The van der Waals surface area contributed by atoms with Gasteiger partial charge in [-0.15, -0.1) is 0 Å². The van der Waals surface area contributed by atoms with Gasteiger partial charge in [-0.05, 0) is 18.8 Å². The summed E-state index contributed by atoms with van der Waals surface area (Å²) in [5, 5.41) is -1.97. The molecule has 0 aliphatic heterocycles. The Labute approximate surface area is 167 Å². The van der Waals surface area contributed by atoms with Crippen molar-refractivity contribution >= 4 is 22.1 Å². The lowest BCUT2D eigenvalue weighted by molar-refractivity contribution is -0.152. The molecule has 160 valence electrons. The summed E-state index contributed by atoms with van der Waals surface area (Å²) in [6.07, 6.45) is 11.1. The molecule has 0 amide bonds. The summed E-state index contributed by atoms with van der Waals surface area (Å²) < 4.78 is 42.8. The van der Waals surface area contributed by atoms with E-state index >= 15 is 0 Å². The van der Waals surface area contributed by atoms with Crippen LogP contribution in [0.5, 0.6) is 0 Å². The van der Waals surface area contributed by atoms with Crippen LogP contribution in [0.4, 0.5) is 0 Å². The molecule has 1 N–H and O–H groups in total. The number of carbonyl (C=O) groups is 2. The van der Waals surface area contributed by atoms with Crippen LogP contribution in [0.15, 0.2) is 24.3 Å². The molecule has 8 heteroatoms. The Balaban J connectivity index is 2.62. The molecule has 0 saturated heterocycles. The van der Waals surface area contributed by atoms with Crippen molar-refractivity contribution in [3.05, 3.63) is 24.3 Å². The Morgan fingerprint density at radius 2 is 1.93 bits per heavy atom. The summed E-state index contributed by atoms with van der Waals surface area (Å²) in [7, 11) is -4.79. The van der Waals surface area contributed by atoms with Crippen LogP contribution in [0.2, 0.25) is 0 Å². The van der Waals surface area contributed by atoms with Gasteiger partial charge in [0.2, 0.25) is 0 Å². The summed E-state index contributed by atoms with van der Waals surface area (Å²) in [6, 6.07) is 0. The predicted molar refractivity (Wildman–Crippen MR) is 106 cm³/mol. The molecule has 0 heterocycles. The van der Waals surface area contributed by atoms with Crippen molar-refractivity contribution in [1.29, 1.82) is 0 Å². The zero-order valence-electron chi connectivity index (χ0n) is 16.9. The Morgan fingerprint density at radius 3 is 2.46 bits per heavy atom. The van der Waals surface area contributed by atoms with Crippen LogP contribution in [-0.4, -0.2) is 43.4 Å². The second-order valence-electron chi connectivity index (χ2n) is 7.56. The monoisotopic (exact) mass is 416 g/mol. The maximum Gasteiger partial charge on any atom is 0.327 e. The van der Waals surface area contributed by atoms with Crippen LogP contribution in [-0.2, 0) is 29.2 Å². The lowest BCUT2D eigenvalue weighted by atomic mass is 9.85. The number of ether oxygens (including phenoxy) is 2. The first-order chi connectivity index (χ1) is 13.1. The minimum absolute atomic E-state index is 0.0504. The van der Waals surface area contributed by atoms with Crippen molar-refractivity contribution in [2.75, 3.05) is 13.2 Å². The lowest BCUT2D eigenvalue weighted by Gasteiger charge is -2.26. The van der Waals surface area contributed by atoms with Crippen molar-refractivity contribution in [1.82, 2.24) is 0 Å². The first kappa shape index (κ1) is 24.4. The number of unbranched alkanes of at least 4 members (excludes halogenated alkanes) is 1. The summed E-state index contributed by atoms with van der Waals surface area (Å²) in [6.45, 7) is 6.02. The lowest BCUT2D eigenvalue weighted by Crippen LogP contribution is -2.36. The quantitative estimate of drug-likeness (QED) is 0.383. The smallest absolute Gasteiger partial charge is 0.327 e. The molecule has 0 radical (unpaired) electrons. The molecule has 1 aliphatic carbocycles. The maximum absolute atomic E-state index is 12.2. The minimum Gasteiger partial charge on any atom is -0.465 e. The van der Waals surface area contributed by atoms with E-state index in [4.69, 9.17) is 9.47 Å². The van der Waals surface area contributed by atoms with Gasteiger partial charge in [-0.3, -0.25) is 14.1 Å². The molecule has 0 aromatic rings. The largest absolute Gasteiger partial charge is 0.465 e. The Morgan fingerprint density at radius 1 is 1.21 bits per heavy atom. The van der Waals surface area contributed by atoms with Crippen molar-refractivity contribution in [3.63, 3.8) is 0 Å². The van der Waals surface area contributed by atoms with E-state index in [0.29, 0.717) is 6.42 Å². The topological polar surface area (TPSA) is 107 Å². The van der Waals surface area contributed by atoms with E-state index in [9.17, 15) is 22.6 Å². The van der Waals surface area contributed by atoms with Gasteiger partial charge in [0.1, 0.15) is 6.61 Å². The fraction of sp³-hybridized carbons (Fsp3) is 0.700. The Kier molecular flexibility index (Phi) is 9.89. The van der Waals surface area contributed by atoms with E-state index in [0.717, 1.165) is 25.7 Å². The number of esters is 2. The van der Waals surface area contributed by atoms with Gasteiger partial charge < -0.3 is 9.47 Å². The van der Waals surface area contributed by atoms with Crippen LogP contribution in [0.3, 0.4) is 0 Å². The molecule has 0 aromatic heterocycles. The van der Waals surface area contributed by atoms with E-state index in [1.807, 2.05) is 38.2 Å². The highest BCUT2D eigenvalue weighted by Gasteiger charge is 2.36. The third kappa shape index (κ3) is 8.56. The summed E-state index contributed by atoms with van der Waals surface area (Å²) in [5.74, 6) is -1.88. The molecular formula is C20H32O7S. The van der Waals surface area contributed by atoms with E-state index in [1.54, 1.807) is 0 Å². The summed E-state index contributed by atoms with van der Waals surface area (Å²) >= 11 is 0. The number of hydrogen-bond donors (Lipinski definition) is 1. The average molecular weight is 417 g/mol. The van der Waals surface area contributed by atoms with Gasteiger partial charge in [0.15, 0.2) is 5.25 Å². The normalized spacial score (nSPS) is 21.1. The Hall–Kier alpha value is -1.67.